The summed E-state index contributed by atoms with van der Waals surface area (Å²) in [5.74, 6) is 0.654. The van der Waals surface area contributed by atoms with Crippen LogP contribution in [-0.2, 0) is 11.2 Å². The molecule has 0 spiro atoms. The fraction of sp³-hybridized carbons (Fsp3) is 0.286. The first-order valence-corrected chi connectivity index (χ1v) is 8.02. The Kier molecular flexibility index (Phi) is 5.75. The van der Waals surface area contributed by atoms with E-state index in [-0.39, 0.29) is 11.9 Å². The molecule has 0 bridgehead atoms. The molecule has 0 fully saturated rings. The Labute approximate surface area is 138 Å². The SMILES string of the molecule is C=Cc1ccc(OC(=O)[C@@H](C)c2ccc(CC(C)C)cc2)cc1. The summed E-state index contributed by atoms with van der Waals surface area (Å²) in [5, 5.41) is 0. The quantitative estimate of drug-likeness (QED) is 0.539. The van der Waals surface area contributed by atoms with Gasteiger partial charge in [0.15, 0.2) is 0 Å². The van der Waals surface area contributed by atoms with Crippen LogP contribution in [0.5, 0.6) is 5.75 Å². The molecule has 0 N–H and O–H groups in total. The number of esters is 1. The van der Waals surface area contributed by atoms with Crippen molar-refractivity contribution in [3.63, 3.8) is 0 Å². The number of ether oxygens (including phenoxy) is 1. The van der Waals surface area contributed by atoms with E-state index in [1.54, 1.807) is 18.2 Å². The molecule has 0 aliphatic heterocycles. The lowest BCUT2D eigenvalue weighted by atomic mass is 9.97. The molecule has 0 amide bonds. The van der Waals surface area contributed by atoms with Crippen molar-refractivity contribution in [2.24, 2.45) is 5.92 Å². The summed E-state index contributed by atoms with van der Waals surface area (Å²) in [5.41, 5.74) is 3.27. The average molecular weight is 308 g/mol. The van der Waals surface area contributed by atoms with Crippen LogP contribution >= 0.6 is 0 Å². The van der Waals surface area contributed by atoms with E-state index in [9.17, 15) is 4.79 Å². The Morgan fingerprint density at radius 1 is 1.04 bits per heavy atom. The molecule has 0 radical (unpaired) electrons. The molecule has 0 unspecified atom stereocenters. The van der Waals surface area contributed by atoms with E-state index in [0.29, 0.717) is 11.7 Å². The third-order valence-corrected chi connectivity index (χ3v) is 3.81. The number of hydrogen-bond donors (Lipinski definition) is 0. The zero-order chi connectivity index (χ0) is 16.8. The first-order valence-electron chi connectivity index (χ1n) is 8.02. The van der Waals surface area contributed by atoms with Gasteiger partial charge in [0.2, 0.25) is 0 Å². The van der Waals surface area contributed by atoms with E-state index in [4.69, 9.17) is 4.74 Å². The summed E-state index contributed by atoms with van der Waals surface area (Å²) < 4.78 is 5.45. The van der Waals surface area contributed by atoms with Crippen LogP contribution in [0.3, 0.4) is 0 Å². The maximum atomic E-state index is 12.3. The van der Waals surface area contributed by atoms with Gasteiger partial charge in [0.05, 0.1) is 5.92 Å². The van der Waals surface area contributed by atoms with E-state index in [0.717, 1.165) is 17.5 Å². The molecule has 0 heterocycles. The van der Waals surface area contributed by atoms with Crippen molar-refractivity contribution in [1.82, 2.24) is 0 Å². The largest absolute Gasteiger partial charge is 0.426 e. The van der Waals surface area contributed by atoms with Gasteiger partial charge < -0.3 is 4.74 Å². The summed E-state index contributed by atoms with van der Waals surface area (Å²) in [4.78, 5) is 12.3. The third kappa shape index (κ3) is 4.82. The predicted octanol–water partition coefficient (Wildman–Crippen LogP) is 5.24. The highest BCUT2D eigenvalue weighted by atomic mass is 16.5. The van der Waals surface area contributed by atoms with Gasteiger partial charge in [-0.25, -0.2) is 0 Å². The highest BCUT2D eigenvalue weighted by Gasteiger charge is 2.17. The van der Waals surface area contributed by atoms with Crippen LogP contribution in [0.4, 0.5) is 0 Å². The predicted molar refractivity (Wildman–Crippen MR) is 95.6 cm³/mol. The summed E-state index contributed by atoms with van der Waals surface area (Å²) in [6.45, 7) is 9.98. The van der Waals surface area contributed by atoms with E-state index >= 15 is 0 Å². The molecular weight excluding hydrogens is 284 g/mol. The average Bonchev–Trinajstić information content (AvgIpc) is 2.55. The number of benzene rings is 2. The lowest BCUT2D eigenvalue weighted by Gasteiger charge is -2.13. The maximum absolute atomic E-state index is 12.3. The van der Waals surface area contributed by atoms with Crippen LogP contribution in [0, 0.1) is 5.92 Å². The van der Waals surface area contributed by atoms with E-state index in [1.807, 2.05) is 31.2 Å². The first-order chi connectivity index (χ1) is 11.0. The standard InChI is InChI=1S/C21H24O2/c1-5-17-8-12-20(13-9-17)23-21(22)16(4)19-10-6-18(7-11-19)14-15(2)3/h5-13,15-16H,1,14H2,2-4H3/t16-/m0/s1. The van der Waals surface area contributed by atoms with Gasteiger partial charge in [-0.05, 0) is 48.1 Å². The molecule has 0 aliphatic rings. The van der Waals surface area contributed by atoms with Gasteiger partial charge in [0.25, 0.3) is 0 Å². The Morgan fingerprint density at radius 3 is 2.17 bits per heavy atom. The summed E-state index contributed by atoms with van der Waals surface area (Å²) in [6.07, 6.45) is 2.81. The molecule has 1 atom stereocenters. The molecule has 0 saturated carbocycles. The Morgan fingerprint density at radius 2 is 1.65 bits per heavy atom. The highest BCUT2D eigenvalue weighted by Crippen LogP contribution is 2.21. The molecule has 2 aromatic carbocycles. The van der Waals surface area contributed by atoms with Crippen molar-refractivity contribution in [2.75, 3.05) is 0 Å². The van der Waals surface area contributed by atoms with Gasteiger partial charge in [-0.2, -0.15) is 0 Å². The van der Waals surface area contributed by atoms with Crippen LogP contribution in [0.2, 0.25) is 0 Å². The van der Waals surface area contributed by atoms with Gasteiger partial charge >= 0.3 is 5.97 Å². The smallest absolute Gasteiger partial charge is 0.318 e. The Bertz CT molecular complexity index is 651. The third-order valence-electron chi connectivity index (χ3n) is 3.81. The highest BCUT2D eigenvalue weighted by molar-refractivity contribution is 5.80. The second-order valence-corrected chi connectivity index (χ2v) is 6.26. The van der Waals surface area contributed by atoms with Crippen molar-refractivity contribution in [1.29, 1.82) is 0 Å². The van der Waals surface area contributed by atoms with Crippen LogP contribution in [0.25, 0.3) is 6.08 Å². The summed E-state index contributed by atoms with van der Waals surface area (Å²) in [6, 6.07) is 15.5. The number of carbonyl (C=O) groups excluding carboxylic acids is 1. The molecule has 0 aliphatic carbocycles. The summed E-state index contributed by atoms with van der Waals surface area (Å²) >= 11 is 0. The summed E-state index contributed by atoms with van der Waals surface area (Å²) in [7, 11) is 0. The Hall–Kier alpha value is -2.35. The fourth-order valence-corrected chi connectivity index (χ4v) is 2.43. The van der Waals surface area contributed by atoms with Crippen LogP contribution in [-0.4, -0.2) is 5.97 Å². The second kappa shape index (κ2) is 7.77. The minimum absolute atomic E-state index is 0.243. The van der Waals surface area contributed by atoms with Gasteiger partial charge in [0.1, 0.15) is 5.75 Å². The van der Waals surface area contributed by atoms with Crippen molar-refractivity contribution in [2.45, 2.75) is 33.1 Å². The van der Waals surface area contributed by atoms with Crippen LogP contribution in [0.1, 0.15) is 43.4 Å². The number of carbonyl (C=O) groups is 1. The van der Waals surface area contributed by atoms with Gasteiger partial charge in [0, 0.05) is 0 Å². The molecule has 120 valence electrons. The van der Waals surface area contributed by atoms with Crippen molar-refractivity contribution < 1.29 is 9.53 Å². The van der Waals surface area contributed by atoms with Crippen LogP contribution in [0.15, 0.2) is 55.1 Å². The topological polar surface area (TPSA) is 26.3 Å². The van der Waals surface area contributed by atoms with Gasteiger partial charge in [-0.15, -0.1) is 0 Å². The van der Waals surface area contributed by atoms with Gasteiger partial charge in [-0.1, -0.05) is 62.9 Å². The number of hydrogen-bond acceptors (Lipinski definition) is 2. The van der Waals surface area contributed by atoms with Crippen molar-refractivity contribution in [3.8, 4) is 5.75 Å². The molecule has 0 saturated heterocycles. The minimum Gasteiger partial charge on any atom is -0.426 e. The molecular formula is C21H24O2. The molecule has 2 aromatic rings. The monoisotopic (exact) mass is 308 g/mol. The van der Waals surface area contributed by atoms with E-state index in [2.05, 4.69) is 32.6 Å². The zero-order valence-electron chi connectivity index (χ0n) is 14.1. The second-order valence-electron chi connectivity index (χ2n) is 6.26. The normalized spacial score (nSPS) is 12.0. The fourth-order valence-electron chi connectivity index (χ4n) is 2.43. The molecule has 2 nitrogen and oxygen atoms in total. The van der Waals surface area contributed by atoms with Gasteiger partial charge in [-0.3, -0.25) is 4.79 Å². The molecule has 23 heavy (non-hydrogen) atoms. The number of rotatable bonds is 6. The molecule has 0 aromatic heterocycles. The maximum Gasteiger partial charge on any atom is 0.318 e. The lowest BCUT2D eigenvalue weighted by Crippen LogP contribution is -2.16. The first kappa shape index (κ1) is 17.0. The van der Waals surface area contributed by atoms with Crippen molar-refractivity contribution in [3.05, 3.63) is 71.8 Å². The van der Waals surface area contributed by atoms with Crippen molar-refractivity contribution >= 4 is 12.0 Å². The zero-order valence-corrected chi connectivity index (χ0v) is 14.1. The minimum atomic E-state index is -0.290. The molecule has 2 heteroatoms. The van der Waals surface area contributed by atoms with E-state index < -0.39 is 0 Å². The van der Waals surface area contributed by atoms with Crippen LogP contribution < -0.4 is 4.74 Å². The van der Waals surface area contributed by atoms with E-state index in [1.165, 1.54) is 5.56 Å². The lowest BCUT2D eigenvalue weighted by molar-refractivity contribution is -0.135. The molecule has 2 rings (SSSR count). The Balaban J connectivity index is 2.02.